The van der Waals surface area contributed by atoms with Crippen molar-refractivity contribution in [2.24, 2.45) is 0 Å². The molecule has 66 valence electrons. The monoisotopic (exact) mass is 185 g/mol. The lowest BCUT2D eigenvalue weighted by Gasteiger charge is -2.21. The summed E-state index contributed by atoms with van der Waals surface area (Å²) < 4.78 is 15.7. The highest BCUT2D eigenvalue weighted by Crippen LogP contribution is 2.36. The highest BCUT2D eigenvalue weighted by Gasteiger charge is 2.05. The molecule has 12 heavy (non-hydrogen) atoms. The predicted octanol–water partition coefficient (Wildman–Crippen LogP) is 1.64. The van der Waals surface area contributed by atoms with E-state index in [4.69, 9.17) is 4.52 Å². The topological polar surface area (TPSA) is 49.4 Å². The van der Waals surface area contributed by atoms with Crippen LogP contribution in [-0.4, -0.2) is 6.16 Å². The number of benzene rings is 1. The van der Waals surface area contributed by atoms with E-state index in [1.807, 2.05) is 0 Å². The van der Waals surface area contributed by atoms with Gasteiger partial charge in [0.1, 0.15) is 5.75 Å². The molecular weight excluding hydrogens is 175 g/mol. The lowest BCUT2D eigenvalue weighted by atomic mass is 10.3. The smallest absolute Gasteiger partial charge is 0.184 e. The molecule has 1 atom stereocenters. The molecule has 0 heterocycles. The van der Waals surface area contributed by atoms with E-state index in [0.717, 1.165) is 0 Å². The van der Waals surface area contributed by atoms with Gasteiger partial charge in [-0.3, -0.25) is 4.57 Å². The van der Waals surface area contributed by atoms with E-state index in [1.165, 1.54) is 0 Å². The minimum atomic E-state index is -3.65. The highest BCUT2D eigenvalue weighted by atomic mass is 31.2. The zero-order valence-electron chi connectivity index (χ0n) is 6.77. The normalized spacial score (nSPS) is 15.2. The summed E-state index contributed by atoms with van der Waals surface area (Å²) in [6.07, 6.45) is 0.0158. The molecule has 0 aromatic heterocycles. The molecule has 0 amide bonds. The van der Waals surface area contributed by atoms with Gasteiger partial charge >= 0.3 is 0 Å². The van der Waals surface area contributed by atoms with Crippen molar-refractivity contribution in [3.8, 4) is 5.75 Å². The molecule has 1 unspecified atom stereocenters. The average Bonchev–Trinajstić information content (AvgIpc) is 2.06. The standard InChI is InChI=1S/C8H11O3P/c1-2-12(9,10)11-8-6-4-3-5-7-8/h3-7H,2H2,1H3,(H,9,10)/p-1. The maximum absolute atomic E-state index is 11.0. The van der Waals surface area contributed by atoms with Crippen LogP contribution in [0.2, 0.25) is 0 Å². The Morgan fingerprint density at radius 2 is 2.00 bits per heavy atom. The Morgan fingerprint density at radius 3 is 2.50 bits per heavy atom. The van der Waals surface area contributed by atoms with E-state index in [1.54, 1.807) is 37.3 Å². The van der Waals surface area contributed by atoms with Crippen molar-refractivity contribution in [2.45, 2.75) is 6.92 Å². The van der Waals surface area contributed by atoms with Crippen LogP contribution in [0.5, 0.6) is 5.75 Å². The van der Waals surface area contributed by atoms with Gasteiger partial charge in [-0.25, -0.2) is 0 Å². The lowest BCUT2D eigenvalue weighted by molar-refractivity contribution is -0.190. The first-order chi connectivity index (χ1) is 5.64. The molecular formula is C8H10O3P-. The van der Waals surface area contributed by atoms with E-state index in [0.29, 0.717) is 5.75 Å². The van der Waals surface area contributed by atoms with Gasteiger partial charge in [0.05, 0.1) is 0 Å². The van der Waals surface area contributed by atoms with Crippen LogP contribution < -0.4 is 9.42 Å². The zero-order chi connectivity index (χ0) is 9.03. The average molecular weight is 185 g/mol. The van der Waals surface area contributed by atoms with E-state index < -0.39 is 7.60 Å². The summed E-state index contributed by atoms with van der Waals surface area (Å²) in [5.41, 5.74) is 0. The fourth-order valence-corrected chi connectivity index (χ4v) is 1.28. The summed E-state index contributed by atoms with van der Waals surface area (Å²) in [6, 6.07) is 8.48. The van der Waals surface area contributed by atoms with Crippen LogP contribution in [0.4, 0.5) is 0 Å². The Kier molecular flexibility index (Phi) is 2.90. The molecule has 1 aromatic rings. The Labute approximate surface area is 71.5 Å². The van der Waals surface area contributed by atoms with Gasteiger partial charge in [-0.05, 0) is 12.1 Å². The Morgan fingerprint density at radius 1 is 1.42 bits per heavy atom. The van der Waals surface area contributed by atoms with Crippen LogP contribution >= 0.6 is 7.60 Å². The van der Waals surface area contributed by atoms with Crippen molar-refractivity contribution in [3.05, 3.63) is 30.3 Å². The number of para-hydroxylation sites is 1. The first-order valence-corrected chi connectivity index (χ1v) is 5.41. The lowest BCUT2D eigenvalue weighted by Crippen LogP contribution is -2.08. The van der Waals surface area contributed by atoms with Gasteiger partial charge in [0, 0.05) is 6.16 Å². The molecule has 0 radical (unpaired) electrons. The molecule has 0 aliphatic heterocycles. The number of hydrogen-bond donors (Lipinski definition) is 0. The summed E-state index contributed by atoms with van der Waals surface area (Å²) in [5.74, 6) is 0.373. The minimum absolute atomic E-state index is 0.0158. The fraction of sp³-hybridized carbons (Fsp3) is 0.250. The van der Waals surface area contributed by atoms with Gasteiger partial charge in [0.15, 0.2) is 7.60 Å². The van der Waals surface area contributed by atoms with Gasteiger partial charge in [0.25, 0.3) is 0 Å². The van der Waals surface area contributed by atoms with Crippen molar-refractivity contribution < 1.29 is 14.0 Å². The van der Waals surface area contributed by atoms with E-state index in [-0.39, 0.29) is 6.16 Å². The fourth-order valence-electron chi connectivity index (χ4n) is 0.707. The predicted molar refractivity (Wildman–Crippen MR) is 45.2 cm³/mol. The maximum Gasteiger partial charge on any atom is 0.184 e. The van der Waals surface area contributed by atoms with Crippen molar-refractivity contribution in [2.75, 3.05) is 6.16 Å². The van der Waals surface area contributed by atoms with Crippen LogP contribution in [0.25, 0.3) is 0 Å². The molecule has 4 heteroatoms. The van der Waals surface area contributed by atoms with Gasteiger partial charge in [-0.15, -0.1) is 0 Å². The SMILES string of the molecule is CCP(=O)([O-])Oc1ccccc1. The van der Waals surface area contributed by atoms with Crippen LogP contribution in [-0.2, 0) is 4.57 Å². The Bertz CT molecular complexity index is 284. The summed E-state index contributed by atoms with van der Waals surface area (Å²) in [7, 11) is -3.65. The summed E-state index contributed by atoms with van der Waals surface area (Å²) >= 11 is 0. The molecule has 1 rings (SSSR count). The van der Waals surface area contributed by atoms with E-state index >= 15 is 0 Å². The van der Waals surface area contributed by atoms with Crippen molar-refractivity contribution in [1.82, 2.24) is 0 Å². The molecule has 0 N–H and O–H groups in total. The summed E-state index contributed by atoms with van der Waals surface area (Å²) in [5, 5.41) is 0. The molecule has 0 spiro atoms. The Hall–Kier alpha value is -0.790. The first-order valence-electron chi connectivity index (χ1n) is 3.69. The molecule has 0 saturated heterocycles. The number of rotatable bonds is 3. The third-order valence-electron chi connectivity index (χ3n) is 1.37. The third-order valence-corrected chi connectivity index (χ3v) is 2.64. The van der Waals surface area contributed by atoms with Gasteiger partial charge in [0.2, 0.25) is 0 Å². The van der Waals surface area contributed by atoms with Gasteiger partial charge in [-0.2, -0.15) is 0 Å². The van der Waals surface area contributed by atoms with Gasteiger partial charge in [-0.1, -0.05) is 25.1 Å². The highest BCUT2D eigenvalue weighted by molar-refractivity contribution is 7.51. The van der Waals surface area contributed by atoms with E-state index in [2.05, 4.69) is 0 Å². The third kappa shape index (κ3) is 2.68. The maximum atomic E-state index is 11.0. The quantitative estimate of drug-likeness (QED) is 0.672. The first kappa shape index (κ1) is 9.30. The number of hydrogen-bond acceptors (Lipinski definition) is 3. The Balaban J connectivity index is 2.71. The van der Waals surface area contributed by atoms with Crippen molar-refractivity contribution >= 4 is 7.60 Å². The van der Waals surface area contributed by atoms with E-state index in [9.17, 15) is 9.46 Å². The van der Waals surface area contributed by atoms with Crippen molar-refractivity contribution in [1.29, 1.82) is 0 Å². The summed E-state index contributed by atoms with van der Waals surface area (Å²) in [4.78, 5) is 11.0. The second kappa shape index (κ2) is 3.74. The molecule has 0 fully saturated rings. The molecule has 0 saturated carbocycles. The van der Waals surface area contributed by atoms with Crippen LogP contribution in [0.1, 0.15) is 6.92 Å². The minimum Gasteiger partial charge on any atom is -0.769 e. The molecule has 0 aliphatic rings. The van der Waals surface area contributed by atoms with Crippen molar-refractivity contribution in [3.63, 3.8) is 0 Å². The van der Waals surface area contributed by atoms with Crippen LogP contribution in [0, 0.1) is 0 Å². The summed E-state index contributed by atoms with van der Waals surface area (Å²) in [6.45, 7) is 1.55. The van der Waals surface area contributed by atoms with Crippen LogP contribution in [0.3, 0.4) is 0 Å². The van der Waals surface area contributed by atoms with Gasteiger partial charge < -0.3 is 9.42 Å². The van der Waals surface area contributed by atoms with Crippen LogP contribution in [0.15, 0.2) is 30.3 Å². The zero-order valence-corrected chi connectivity index (χ0v) is 7.66. The molecule has 1 aromatic carbocycles. The largest absolute Gasteiger partial charge is 0.769 e. The molecule has 3 nitrogen and oxygen atoms in total. The second-order valence-electron chi connectivity index (χ2n) is 2.33. The second-order valence-corrected chi connectivity index (χ2v) is 4.37. The molecule has 0 bridgehead atoms. The molecule has 0 aliphatic carbocycles.